The normalized spacial score (nSPS) is 22.4. The molecule has 1 aromatic rings. The third kappa shape index (κ3) is 3.40. The Morgan fingerprint density at radius 3 is 2.24 bits per heavy atom. The summed E-state index contributed by atoms with van der Waals surface area (Å²) in [6, 6.07) is 3.72. The fraction of sp³-hybridized carbons (Fsp3) is 0.562. The molecule has 0 saturated heterocycles. The van der Waals surface area contributed by atoms with Crippen LogP contribution in [0.3, 0.4) is 0 Å². The van der Waals surface area contributed by atoms with E-state index in [1.807, 2.05) is 14.1 Å². The molecule has 2 atom stereocenters. The molecule has 2 rings (SSSR count). The molecule has 1 saturated carbocycles. The Morgan fingerprint density at radius 1 is 1.05 bits per heavy atom. The number of hydrogen-bond acceptors (Lipinski definition) is 2. The molecule has 1 amide bonds. The van der Waals surface area contributed by atoms with Gasteiger partial charge in [-0.15, -0.1) is 0 Å². The average Bonchev–Trinajstić information content (AvgIpc) is 2.48. The Balaban J connectivity index is 2.18. The van der Waals surface area contributed by atoms with E-state index in [9.17, 15) is 13.6 Å². The molecule has 5 heteroatoms. The fourth-order valence-corrected chi connectivity index (χ4v) is 3.13. The molecular weight excluding hydrogens is 274 g/mol. The topological polar surface area (TPSA) is 23.6 Å². The van der Waals surface area contributed by atoms with E-state index in [-0.39, 0.29) is 17.5 Å². The summed E-state index contributed by atoms with van der Waals surface area (Å²) in [7, 11) is 5.77. The Hall–Kier alpha value is -1.49. The van der Waals surface area contributed by atoms with Crippen molar-refractivity contribution in [3.63, 3.8) is 0 Å². The molecule has 1 aromatic carbocycles. The highest BCUT2D eigenvalue weighted by molar-refractivity contribution is 5.94. The molecule has 0 unspecified atom stereocenters. The first-order valence-electron chi connectivity index (χ1n) is 7.30. The molecule has 21 heavy (non-hydrogen) atoms. The Bertz CT molecular complexity index is 519. The molecule has 0 heterocycles. The van der Waals surface area contributed by atoms with Crippen LogP contribution < -0.4 is 0 Å². The third-order valence-electron chi connectivity index (χ3n) is 4.34. The number of likely N-dealkylation sites (N-methyl/N-ethyl adjacent to an activating group) is 2. The first-order chi connectivity index (χ1) is 9.91. The van der Waals surface area contributed by atoms with E-state index in [4.69, 9.17) is 0 Å². The second kappa shape index (κ2) is 6.52. The third-order valence-corrected chi connectivity index (χ3v) is 4.34. The van der Waals surface area contributed by atoms with Crippen molar-refractivity contribution in [1.29, 1.82) is 0 Å². The predicted molar refractivity (Wildman–Crippen MR) is 78.2 cm³/mol. The Labute approximate surface area is 124 Å². The number of hydrogen-bond donors (Lipinski definition) is 0. The second-order valence-corrected chi connectivity index (χ2v) is 5.93. The first kappa shape index (κ1) is 15.9. The average molecular weight is 296 g/mol. The lowest BCUT2D eigenvalue weighted by atomic mass is 9.88. The summed E-state index contributed by atoms with van der Waals surface area (Å²) in [6.07, 6.45) is 4.23. The summed E-state index contributed by atoms with van der Waals surface area (Å²) >= 11 is 0. The summed E-state index contributed by atoms with van der Waals surface area (Å²) in [5.41, 5.74) is 0.194. The summed E-state index contributed by atoms with van der Waals surface area (Å²) in [4.78, 5) is 16.3. The van der Waals surface area contributed by atoms with Gasteiger partial charge in [0, 0.05) is 24.7 Å². The smallest absolute Gasteiger partial charge is 0.254 e. The van der Waals surface area contributed by atoms with E-state index >= 15 is 0 Å². The highest BCUT2D eigenvalue weighted by Gasteiger charge is 2.32. The zero-order chi connectivity index (χ0) is 15.6. The van der Waals surface area contributed by atoms with Gasteiger partial charge in [0.15, 0.2) is 11.6 Å². The monoisotopic (exact) mass is 296 g/mol. The van der Waals surface area contributed by atoms with E-state index in [1.54, 1.807) is 11.9 Å². The van der Waals surface area contributed by atoms with Crippen molar-refractivity contribution in [3.8, 4) is 0 Å². The molecule has 0 N–H and O–H groups in total. The van der Waals surface area contributed by atoms with Crippen LogP contribution in [0.5, 0.6) is 0 Å². The minimum absolute atomic E-state index is 0.106. The number of amides is 1. The van der Waals surface area contributed by atoms with Gasteiger partial charge in [-0.3, -0.25) is 4.79 Å². The highest BCUT2D eigenvalue weighted by Crippen LogP contribution is 2.26. The largest absolute Gasteiger partial charge is 0.337 e. The van der Waals surface area contributed by atoms with Crippen molar-refractivity contribution in [2.45, 2.75) is 37.8 Å². The van der Waals surface area contributed by atoms with Crippen LogP contribution in [0.1, 0.15) is 36.0 Å². The van der Waals surface area contributed by atoms with Crippen LogP contribution in [0.25, 0.3) is 0 Å². The first-order valence-corrected chi connectivity index (χ1v) is 7.30. The van der Waals surface area contributed by atoms with Crippen LogP contribution in [-0.2, 0) is 0 Å². The Morgan fingerprint density at radius 2 is 1.67 bits per heavy atom. The molecule has 1 fully saturated rings. The summed E-state index contributed by atoms with van der Waals surface area (Å²) in [6.45, 7) is 0. The van der Waals surface area contributed by atoms with Gasteiger partial charge in [-0.1, -0.05) is 12.8 Å². The molecule has 1 aliphatic rings. The summed E-state index contributed by atoms with van der Waals surface area (Å²) < 4.78 is 26.3. The van der Waals surface area contributed by atoms with Gasteiger partial charge in [-0.25, -0.2) is 8.78 Å². The number of nitrogens with zero attached hydrogens (tertiary/aromatic N) is 2. The summed E-state index contributed by atoms with van der Waals surface area (Å²) in [5.74, 6) is -2.17. The highest BCUT2D eigenvalue weighted by atomic mass is 19.2. The maximum Gasteiger partial charge on any atom is 0.254 e. The molecule has 3 nitrogen and oxygen atoms in total. The van der Waals surface area contributed by atoms with Crippen molar-refractivity contribution >= 4 is 5.91 Å². The molecule has 1 aliphatic carbocycles. The van der Waals surface area contributed by atoms with Crippen molar-refractivity contribution in [3.05, 3.63) is 35.4 Å². The molecule has 0 bridgehead atoms. The van der Waals surface area contributed by atoms with Crippen molar-refractivity contribution in [2.75, 3.05) is 21.1 Å². The van der Waals surface area contributed by atoms with Crippen molar-refractivity contribution in [2.24, 2.45) is 0 Å². The number of carbonyl (C=O) groups is 1. The van der Waals surface area contributed by atoms with E-state index in [1.165, 1.54) is 6.07 Å². The minimum Gasteiger partial charge on any atom is -0.337 e. The van der Waals surface area contributed by atoms with Gasteiger partial charge in [-0.2, -0.15) is 0 Å². The van der Waals surface area contributed by atoms with Crippen LogP contribution in [0, 0.1) is 11.6 Å². The van der Waals surface area contributed by atoms with Crippen LogP contribution >= 0.6 is 0 Å². The lowest BCUT2D eigenvalue weighted by molar-refractivity contribution is 0.0544. The lowest BCUT2D eigenvalue weighted by Crippen LogP contribution is -2.51. The van der Waals surface area contributed by atoms with Gasteiger partial charge in [0.05, 0.1) is 0 Å². The van der Waals surface area contributed by atoms with Gasteiger partial charge in [0.2, 0.25) is 0 Å². The zero-order valence-electron chi connectivity index (χ0n) is 12.8. The number of benzene rings is 1. The number of halogens is 2. The SMILES string of the molecule is CN(C)[C@@H]1CCCC[C@H]1N(C)C(=O)c1ccc(F)c(F)c1. The van der Waals surface area contributed by atoms with E-state index in [0.29, 0.717) is 6.04 Å². The van der Waals surface area contributed by atoms with Crippen LogP contribution in [-0.4, -0.2) is 48.9 Å². The Kier molecular flexibility index (Phi) is 4.93. The lowest BCUT2D eigenvalue weighted by Gasteiger charge is -2.41. The van der Waals surface area contributed by atoms with Gasteiger partial charge < -0.3 is 9.80 Å². The van der Waals surface area contributed by atoms with Crippen LogP contribution in [0.2, 0.25) is 0 Å². The van der Waals surface area contributed by atoms with Gasteiger partial charge in [-0.05, 0) is 45.1 Å². The van der Waals surface area contributed by atoms with Gasteiger partial charge in [0.25, 0.3) is 5.91 Å². The van der Waals surface area contributed by atoms with Crippen LogP contribution in [0.15, 0.2) is 18.2 Å². The second-order valence-electron chi connectivity index (χ2n) is 5.93. The molecule has 0 aliphatic heterocycles. The predicted octanol–water partition coefficient (Wildman–Crippen LogP) is 2.91. The maximum absolute atomic E-state index is 13.3. The molecular formula is C16H22F2N2O. The van der Waals surface area contributed by atoms with E-state index in [2.05, 4.69) is 4.90 Å². The van der Waals surface area contributed by atoms with Crippen molar-refractivity contribution < 1.29 is 13.6 Å². The fourth-order valence-electron chi connectivity index (χ4n) is 3.13. The summed E-state index contributed by atoms with van der Waals surface area (Å²) in [5, 5.41) is 0. The van der Waals surface area contributed by atoms with Crippen molar-refractivity contribution in [1.82, 2.24) is 9.80 Å². The molecule has 0 aromatic heterocycles. The molecule has 0 radical (unpaired) electrons. The van der Waals surface area contributed by atoms with E-state index in [0.717, 1.165) is 37.8 Å². The van der Waals surface area contributed by atoms with Gasteiger partial charge >= 0.3 is 0 Å². The number of carbonyl (C=O) groups excluding carboxylic acids is 1. The molecule has 116 valence electrons. The van der Waals surface area contributed by atoms with E-state index < -0.39 is 11.6 Å². The maximum atomic E-state index is 13.3. The standard InChI is InChI=1S/C16H22F2N2O/c1-19(2)14-6-4-5-7-15(14)20(3)16(21)11-8-9-12(17)13(18)10-11/h8-10,14-15H,4-7H2,1-3H3/t14-,15-/m1/s1. The van der Waals surface area contributed by atoms with Gasteiger partial charge in [0.1, 0.15) is 0 Å². The number of rotatable bonds is 3. The minimum atomic E-state index is -0.984. The zero-order valence-corrected chi connectivity index (χ0v) is 12.8. The quantitative estimate of drug-likeness (QED) is 0.856. The molecule has 0 spiro atoms. The van der Waals surface area contributed by atoms with Crippen LogP contribution in [0.4, 0.5) is 8.78 Å².